The predicted octanol–water partition coefficient (Wildman–Crippen LogP) is 1.99. The Labute approximate surface area is 148 Å². The molecule has 7 nitrogen and oxygen atoms in total. The van der Waals surface area contributed by atoms with Crippen LogP contribution in [0.15, 0.2) is 42.5 Å². The Morgan fingerprint density at radius 2 is 1.69 bits per heavy atom. The van der Waals surface area contributed by atoms with Gasteiger partial charge in [-0.3, -0.25) is 14.5 Å². The zero-order valence-corrected chi connectivity index (χ0v) is 13.8. The smallest absolute Gasteiger partial charge is 0.335 e. The topological polar surface area (TPSA) is 112 Å². The van der Waals surface area contributed by atoms with Gasteiger partial charge in [0, 0.05) is 6.42 Å². The summed E-state index contributed by atoms with van der Waals surface area (Å²) in [4.78, 5) is 48.7. The van der Waals surface area contributed by atoms with E-state index in [2.05, 4.69) is 0 Å². The number of aliphatic carboxylic acids is 1. The molecule has 0 radical (unpaired) electrons. The summed E-state index contributed by atoms with van der Waals surface area (Å²) in [5.74, 6) is -4.07. The Bertz CT molecular complexity index is 949. The van der Waals surface area contributed by atoms with Crippen LogP contribution in [0.1, 0.15) is 42.2 Å². The molecule has 0 saturated carbocycles. The SMILES string of the molecule is Cc1cccc(C[C@H](C(=O)O)N2C(=O)c3ccc(C(=O)O)cc3C2=O)c1. The average Bonchev–Trinajstić information content (AvgIpc) is 2.83. The van der Waals surface area contributed by atoms with Gasteiger partial charge in [0.15, 0.2) is 0 Å². The highest BCUT2D eigenvalue weighted by Gasteiger charge is 2.43. The molecule has 26 heavy (non-hydrogen) atoms. The molecular weight excluding hydrogens is 338 g/mol. The summed E-state index contributed by atoms with van der Waals surface area (Å²) in [6.45, 7) is 1.86. The molecule has 2 aromatic rings. The van der Waals surface area contributed by atoms with Crippen molar-refractivity contribution in [2.24, 2.45) is 0 Å². The fraction of sp³-hybridized carbons (Fsp3) is 0.158. The van der Waals surface area contributed by atoms with Crippen LogP contribution in [0.2, 0.25) is 0 Å². The van der Waals surface area contributed by atoms with Crippen LogP contribution >= 0.6 is 0 Å². The van der Waals surface area contributed by atoms with E-state index in [1.165, 1.54) is 12.1 Å². The molecule has 1 aliphatic rings. The first kappa shape index (κ1) is 17.3. The van der Waals surface area contributed by atoms with Crippen LogP contribution in [-0.4, -0.2) is 44.9 Å². The van der Waals surface area contributed by atoms with E-state index < -0.39 is 29.8 Å². The predicted molar refractivity (Wildman–Crippen MR) is 90.2 cm³/mol. The average molecular weight is 353 g/mol. The number of aromatic carboxylic acids is 1. The molecule has 0 saturated heterocycles. The van der Waals surface area contributed by atoms with Gasteiger partial charge in [0.05, 0.1) is 16.7 Å². The van der Waals surface area contributed by atoms with E-state index >= 15 is 0 Å². The molecule has 1 atom stereocenters. The van der Waals surface area contributed by atoms with E-state index in [0.717, 1.165) is 11.6 Å². The molecule has 1 aliphatic heterocycles. The molecule has 0 aromatic heterocycles. The monoisotopic (exact) mass is 353 g/mol. The molecule has 2 aromatic carbocycles. The molecule has 0 bridgehead atoms. The number of rotatable bonds is 5. The maximum Gasteiger partial charge on any atom is 0.335 e. The van der Waals surface area contributed by atoms with E-state index in [-0.39, 0.29) is 23.1 Å². The van der Waals surface area contributed by atoms with Crippen molar-refractivity contribution in [3.8, 4) is 0 Å². The molecule has 0 fully saturated rings. The van der Waals surface area contributed by atoms with E-state index in [1.807, 2.05) is 13.0 Å². The molecule has 0 aliphatic carbocycles. The van der Waals surface area contributed by atoms with E-state index in [0.29, 0.717) is 10.5 Å². The molecule has 2 N–H and O–H groups in total. The molecular formula is C19H15NO6. The quantitative estimate of drug-likeness (QED) is 0.795. The summed E-state index contributed by atoms with van der Waals surface area (Å²) in [6.07, 6.45) is -0.0335. The third-order valence-electron chi connectivity index (χ3n) is 4.27. The third-order valence-corrected chi connectivity index (χ3v) is 4.27. The van der Waals surface area contributed by atoms with Crippen molar-refractivity contribution in [2.45, 2.75) is 19.4 Å². The normalized spacial score (nSPS) is 14.3. The van der Waals surface area contributed by atoms with E-state index in [4.69, 9.17) is 5.11 Å². The van der Waals surface area contributed by atoms with Gasteiger partial charge in [-0.15, -0.1) is 0 Å². The van der Waals surface area contributed by atoms with Gasteiger partial charge in [-0.1, -0.05) is 29.8 Å². The van der Waals surface area contributed by atoms with Gasteiger partial charge in [0.25, 0.3) is 11.8 Å². The van der Waals surface area contributed by atoms with Crippen molar-refractivity contribution in [3.63, 3.8) is 0 Å². The molecule has 1 heterocycles. The van der Waals surface area contributed by atoms with Crippen LogP contribution in [-0.2, 0) is 11.2 Å². The lowest BCUT2D eigenvalue weighted by molar-refractivity contribution is -0.141. The highest BCUT2D eigenvalue weighted by molar-refractivity contribution is 6.23. The van der Waals surface area contributed by atoms with Crippen molar-refractivity contribution in [1.82, 2.24) is 4.90 Å². The van der Waals surface area contributed by atoms with Gasteiger partial charge in [-0.25, -0.2) is 9.59 Å². The molecule has 7 heteroatoms. The Hall–Kier alpha value is -3.48. The van der Waals surface area contributed by atoms with Crippen molar-refractivity contribution in [2.75, 3.05) is 0 Å². The zero-order valence-electron chi connectivity index (χ0n) is 13.8. The number of carboxylic acid groups (broad SMARTS) is 2. The lowest BCUT2D eigenvalue weighted by atomic mass is 10.0. The minimum Gasteiger partial charge on any atom is -0.480 e. The fourth-order valence-corrected chi connectivity index (χ4v) is 3.03. The summed E-state index contributed by atoms with van der Waals surface area (Å²) < 4.78 is 0. The maximum atomic E-state index is 12.6. The number of hydrogen-bond acceptors (Lipinski definition) is 4. The number of imide groups is 1. The van der Waals surface area contributed by atoms with Gasteiger partial charge in [0.1, 0.15) is 6.04 Å². The highest BCUT2D eigenvalue weighted by atomic mass is 16.4. The number of carbonyl (C=O) groups is 4. The summed E-state index contributed by atoms with van der Waals surface area (Å²) in [6, 6.07) is 9.32. The number of carboxylic acids is 2. The number of nitrogens with zero attached hydrogens (tertiary/aromatic N) is 1. The minimum atomic E-state index is -1.38. The Kier molecular flexibility index (Phi) is 4.29. The van der Waals surface area contributed by atoms with Crippen LogP contribution in [0.4, 0.5) is 0 Å². The van der Waals surface area contributed by atoms with Crippen LogP contribution in [0, 0.1) is 6.92 Å². The first-order valence-electron chi connectivity index (χ1n) is 7.83. The van der Waals surface area contributed by atoms with E-state index in [1.54, 1.807) is 18.2 Å². The Balaban J connectivity index is 1.98. The molecule has 132 valence electrons. The summed E-state index contributed by atoms with van der Waals surface area (Å²) in [5.41, 5.74) is 1.39. The number of aryl methyl sites for hydroxylation is 1. The first-order valence-corrected chi connectivity index (χ1v) is 7.83. The van der Waals surface area contributed by atoms with Gasteiger partial charge >= 0.3 is 11.9 Å². The number of hydrogen-bond donors (Lipinski definition) is 2. The number of fused-ring (bicyclic) bond motifs is 1. The molecule has 0 spiro atoms. The maximum absolute atomic E-state index is 12.6. The number of benzene rings is 2. The lowest BCUT2D eigenvalue weighted by Gasteiger charge is -2.22. The minimum absolute atomic E-state index is 0.00972. The summed E-state index contributed by atoms with van der Waals surface area (Å²) in [5, 5.41) is 18.6. The summed E-state index contributed by atoms with van der Waals surface area (Å²) in [7, 11) is 0. The zero-order chi connectivity index (χ0) is 19.0. The molecule has 3 rings (SSSR count). The number of carbonyl (C=O) groups excluding carboxylic acids is 2. The van der Waals surface area contributed by atoms with Gasteiger partial charge in [-0.2, -0.15) is 0 Å². The van der Waals surface area contributed by atoms with Gasteiger partial charge in [0.2, 0.25) is 0 Å². The molecule has 0 unspecified atom stereocenters. The second-order valence-electron chi connectivity index (χ2n) is 6.09. The van der Waals surface area contributed by atoms with Crippen molar-refractivity contribution in [3.05, 3.63) is 70.3 Å². The van der Waals surface area contributed by atoms with Crippen molar-refractivity contribution < 1.29 is 29.4 Å². The van der Waals surface area contributed by atoms with Crippen molar-refractivity contribution >= 4 is 23.8 Å². The van der Waals surface area contributed by atoms with Crippen molar-refractivity contribution in [1.29, 1.82) is 0 Å². The third kappa shape index (κ3) is 2.95. The second kappa shape index (κ2) is 6.44. The molecule has 2 amide bonds. The van der Waals surface area contributed by atoms with Crippen LogP contribution in [0.25, 0.3) is 0 Å². The summed E-state index contributed by atoms with van der Waals surface area (Å²) >= 11 is 0. The van der Waals surface area contributed by atoms with Gasteiger partial charge in [-0.05, 0) is 30.7 Å². The number of amides is 2. The second-order valence-corrected chi connectivity index (χ2v) is 6.09. The Morgan fingerprint density at radius 3 is 2.31 bits per heavy atom. The Morgan fingerprint density at radius 1 is 1.00 bits per heavy atom. The van der Waals surface area contributed by atoms with Crippen LogP contribution in [0.3, 0.4) is 0 Å². The highest BCUT2D eigenvalue weighted by Crippen LogP contribution is 2.27. The standard InChI is InChI=1S/C19H15NO6/c1-10-3-2-4-11(7-10)8-15(19(25)26)20-16(21)13-6-5-12(18(23)24)9-14(13)17(20)22/h2-7,9,15H,8H2,1H3,(H,23,24)(H,25,26)/t15-/m1/s1. The lowest BCUT2D eigenvalue weighted by Crippen LogP contribution is -2.46. The first-order chi connectivity index (χ1) is 12.3. The fourth-order valence-electron chi connectivity index (χ4n) is 3.03. The van der Waals surface area contributed by atoms with Crippen LogP contribution < -0.4 is 0 Å². The largest absolute Gasteiger partial charge is 0.480 e. The van der Waals surface area contributed by atoms with Gasteiger partial charge < -0.3 is 10.2 Å². The van der Waals surface area contributed by atoms with E-state index in [9.17, 15) is 24.3 Å². The van der Waals surface area contributed by atoms with Crippen LogP contribution in [0.5, 0.6) is 0 Å².